The largest absolute Gasteiger partial charge is 0.456 e. The molecular weight excluding hydrogens is 613 g/mol. The maximum absolute atomic E-state index is 6.44. The van der Waals surface area contributed by atoms with Gasteiger partial charge in [-0.25, -0.2) is 9.97 Å². The predicted octanol–water partition coefficient (Wildman–Crippen LogP) is 12.6. The van der Waals surface area contributed by atoms with Crippen LogP contribution in [0.15, 0.2) is 179 Å². The zero-order valence-corrected chi connectivity index (χ0v) is 26.9. The van der Waals surface area contributed by atoms with Crippen molar-refractivity contribution in [2.75, 3.05) is 0 Å². The highest BCUT2D eigenvalue weighted by Crippen LogP contribution is 2.44. The molecule has 0 aliphatic rings. The number of para-hydroxylation sites is 2. The third-order valence-electron chi connectivity index (χ3n) is 9.54. The van der Waals surface area contributed by atoms with Crippen molar-refractivity contribution in [3.8, 4) is 56.2 Å². The molecule has 50 heavy (non-hydrogen) atoms. The van der Waals surface area contributed by atoms with Crippen LogP contribution >= 0.6 is 0 Å². The van der Waals surface area contributed by atoms with Crippen molar-refractivity contribution in [2.45, 2.75) is 0 Å². The van der Waals surface area contributed by atoms with Gasteiger partial charge in [0.25, 0.3) is 0 Å². The Bertz CT molecular complexity index is 2850. The second-order valence-corrected chi connectivity index (χ2v) is 12.5. The highest BCUT2D eigenvalue weighted by molar-refractivity contribution is 6.16. The van der Waals surface area contributed by atoms with Crippen molar-refractivity contribution in [3.63, 3.8) is 0 Å². The lowest BCUT2D eigenvalue weighted by molar-refractivity contribution is 0.668. The van der Waals surface area contributed by atoms with Gasteiger partial charge in [0, 0.05) is 38.2 Å². The Morgan fingerprint density at radius 2 is 0.840 bits per heavy atom. The molecule has 0 aliphatic carbocycles. The fraction of sp³-hybridized carbons (Fsp3) is 0. The number of furan rings is 2. The van der Waals surface area contributed by atoms with E-state index in [0.29, 0.717) is 5.82 Å². The van der Waals surface area contributed by atoms with Crippen LogP contribution in [0, 0.1) is 0 Å². The van der Waals surface area contributed by atoms with Gasteiger partial charge in [0.2, 0.25) is 0 Å². The van der Waals surface area contributed by atoms with E-state index in [2.05, 4.69) is 121 Å². The minimum absolute atomic E-state index is 0.637. The zero-order valence-electron chi connectivity index (χ0n) is 26.9. The van der Waals surface area contributed by atoms with Gasteiger partial charge < -0.3 is 8.83 Å². The maximum Gasteiger partial charge on any atom is 0.161 e. The maximum atomic E-state index is 6.44. The summed E-state index contributed by atoms with van der Waals surface area (Å²) in [6.07, 6.45) is 0. The molecule has 0 N–H and O–H groups in total. The number of benzene rings is 7. The lowest BCUT2D eigenvalue weighted by Gasteiger charge is -2.14. The molecule has 7 aromatic carbocycles. The van der Waals surface area contributed by atoms with Crippen LogP contribution in [0.1, 0.15) is 0 Å². The minimum Gasteiger partial charge on any atom is -0.456 e. The number of hydrogen-bond donors (Lipinski definition) is 0. The number of hydrogen-bond acceptors (Lipinski definition) is 4. The molecule has 0 amide bonds. The molecule has 0 bridgehead atoms. The lowest BCUT2D eigenvalue weighted by atomic mass is 9.93. The molecule has 234 valence electrons. The van der Waals surface area contributed by atoms with E-state index >= 15 is 0 Å². The van der Waals surface area contributed by atoms with Crippen LogP contribution in [0.4, 0.5) is 0 Å². The summed E-state index contributed by atoms with van der Waals surface area (Å²) in [6.45, 7) is 0. The van der Waals surface area contributed by atoms with E-state index in [0.717, 1.165) is 88.6 Å². The van der Waals surface area contributed by atoms with Crippen LogP contribution in [0.5, 0.6) is 0 Å². The van der Waals surface area contributed by atoms with E-state index in [1.54, 1.807) is 0 Å². The molecule has 0 atom stereocenters. The topological polar surface area (TPSA) is 52.1 Å². The second kappa shape index (κ2) is 11.4. The first kappa shape index (κ1) is 28.3. The third kappa shape index (κ3) is 4.69. The van der Waals surface area contributed by atoms with Gasteiger partial charge in [0.1, 0.15) is 22.3 Å². The fourth-order valence-corrected chi connectivity index (χ4v) is 7.11. The Morgan fingerprint density at radius 3 is 1.58 bits per heavy atom. The van der Waals surface area contributed by atoms with Crippen molar-refractivity contribution in [1.29, 1.82) is 0 Å². The summed E-state index contributed by atoms with van der Waals surface area (Å²) in [5.41, 5.74) is 12.4. The molecule has 4 nitrogen and oxygen atoms in total. The minimum atomic E-state index is 0.637. The molecule has 10 aromatic rings. The average molecular weight is 641 g/mol. The Kier molecular flexibility index (Phi) is 6.46. The van der Waals surface area contributed by atoms with E-state index < -0.39 is 0 Å². The smallest absolute Gasteiger partial charge is 0.161 e. The van der Waals surface area contributed by atoms with Crippen LogP contribution < -0.4 is 0 Å². The molecule has 4 heteroatoms. The fourth-order valence-electron chi connectivity index (χ4n) is 7.11. The molecule has 0 unspecified atom stereocenters. The number of nitrogens with zero attached hydrogens (tertiary/aromatic N) is 2. The molecule has 0 saturated heterocycles. The molecule has 0 radical (unpaired) electrons. The van der Waals surface area contributed by atoms with E-state index in [-0.39, 0.29) is 0 Å². The van der Waals surface area contributed by atoms with Gasteiger partial charge >= 0.3 is 0 Å². The Labute approximate surface area is 287 Å². The van der Waals surface area contributed by atoms with Gasteiger partial charge in [-0.15, -0.1) is 0 Å². The number of fused-ring (bicyclic) bond motifs is 6. The van der Waals surface area contributed by atoms with Gasteiger partial charge in [-0.05, 0) is 64.7 Å². The van der Waals surface area contributed by atoms with Crippen molar-refractivity contribution in [3.05, 3.63) is 170 Å². The van der Waals surface area contributed by atoms with Gasteiger partial charge in [0.15, 0.2) is 5.82 Å². The van der Waals surface area contributed by atoms with E-state index in [1.807, 2.05) is 48.5 Å². The van der Waals surface area contributed by atoms with Gasteiger partial charge in [-0.3, -0.25) is 0 Å². The van der Waals surface area contributed by atoms with Gasteiger partial charge in [0.05, 0.1) is 11.4 Å². The van der Waals surface area contributed by atoms with Gasteiger partial charge in [-0.2, -0.15) is 0 Å². The van der Waals surface area contributed by atoms with Crippen molar-refractivity contribution in [2.24, 2.45) is 0 Å². The Hall–Kier alpha value is -6.78. The van der Waals surface area contributed by atoms with Crippen molar-refractivity contribution in [1.82, 2.24) is 9.97 Å². The van der Waals surface area contributed by atoms with Crippen LogP contribution in [0.3, 0.4) is 0 Å². The average Bonchev–Trinajstić information content (AvgIpc) is 3.76. The summed E-state index contributed by atoms with van der Waals surface area (Å²) in [5.74, 6) is 0.637. The predicted molar refractivity (Wildman–Crippen MR) is 204 cm³/mol. The van der Waals surface area contributed by atoms with Crippen LogP contribution in [-0.2, 0) is 0 Å². The lowest BCUT2D eigenvalue weighted by Crippen LogP contribution is -1.98. The summed E-state index contributed by atoms with van der Waals surface area (Å²) in [7, 11) is 0. The standard InChI is InChI=1S/C46H28N2O2/c1-3-11-29(12-4-1)30-19-21-32(22-20-30)39-28-38(31-13-5-2-6-14-31)47-46(48-39)45-34(24-26-43-44(45)36-16-8-10-18-41(36)50-43)33-23-25-42-37(27-33)35-15-7-9-17-40(35)49-42/h1-28H. The summed E-state index contributed by atoms with van der Waals surface area (Å²) in [6, 6.07) is 58.5. The zero-order chi connectivity index (χ0) is 33.0. The monoisotopic (exact) mass is 640 g/mol. The molecule has 0 fully saturated rings. The highest BCUT2D eigenvalue weighted by Gasteiger charge is 2.22. The summed E-state index contributed by atoms with van der Waals surface area (Å²) in [4.78, 5) is 10.7. The number of aromatic nitrogens is 2. The van der Waals surface area contributed by atoms with Gasteiger partial charge in [-0.1, -0.05) is 127 Å². The molecular formula is C46H28N2O2. The van der Waals surface area contributed by atoms with Crippen molar-refractivity contribution < 1.29 is 8.83 Å². The van der Waals surface area contributed by atoms with E-state index in [4.69, 9.17) is 18.8 Å². The molecule has 0 aliphatic heterocycles. The molecule has 3 aromatic heterocycles. The summed E-state index contributed by atoms with van der Waals surface area (Å²) < 4.78 is 12.6. The quantitative estimate of drug-likeness (QED) is 0.188. The SMILES string of the molecule is c1ccc(-c2ccc(-c3cc(-c4ccccc4)nc(-c4c(-c5ccc6oc7ccccc7c6c5)ccc5oc6ccccc6c45)n3)cc2)cc1. The third-order valence-corrected chi connectivity index (χ3v) is 9.54. The van der Waals surface area contributed by atoms with Crippen LogP contribution in [-0.4, -0.2) is 9.97 Å². The first-order valence-electron chi connectivity index (χ1n) is 16.7. The summed E-state index contributed by atoms with van der Waals surface area (Å²) >= 11 is 0. The molecule has 0 spiro atoms. The van der Waals surface area contributed by atoms with Crippen LogP contribution in [0.25, 0.3) is 100 Å². The van der Waals surface area contributed by atoms with E-state index in [1.165, 1.54) is 5.56 Å². The first-order chi connectivity index (χ1) is 24.8. The van der Waals surface area contributed by atoms with Crippen LogP contribution in [0.2, 0.25) is 0 Å². The normalized spacial score (nSPS) is 11.6. The number of rotatable bonds is 5. The Balaban J connectivity index is 1.25. The highest BCUT2D eigenvalue weighted by atomic mass is 16.3. The second-order valence-electron chi connectivity index (χ2n) is 12.5. The molecule has 0 saturated carbocycles. The molecule has 3 heterocycles. The summed E-state index contributed by atoms with van der Waals surface area (Å²) in [5, 5.41) is 4.17. The molecule has 10 rings (SSSR count). The first-order valence-corrected chi connectivity index (χ1v) is 16.7. The Morgan fingerprint density at radius 1 is 0.340 bits per heavy atom. The van der Waals surface area contributed by atoms with Crippen molar-refractivity contribution >= 4 is 43.9 Å². The van der Waals surface area contributed by atoms with E-state index in [9.17, 15) is 0 Å².